The molecule has 1 saturated carbocycles. The van der Waals surface area contributed by atoms with Crippen molar-refractivity contribution in [2.45, 2.75) is 39.0 Å². The van der Waals surface area contributed by atoms with Crippen molar-refractivity contribution in [1.29, 1.82) is 0 Å². The Labute approximate surface area is 88.2 Å². The first kappa shape index (κ1) is 11.0. The fraction of sp³-hybridized carbons (Fsp3) is 0.900. The van der Waals surface area contributed by atoms with Gasteiger partial charge in [-0.2, -0.15) is 0 Å². The normalized spacial score (nSPS) is 20.2. The minimum atomic E-state index is -0.153. The molecule has 0 amide bonds. The summed E-state index contributed by atoms with van der Waals surface area (Å²) in [6.07, 6.45) is 5.29. The monoisotopic (exact) mass is 248 g/mol. The molecule has 0 heterocycles. The Morgan fingerprint density at radius 2 is 2.08 bits per heavy atom. The van der Waals surface area contributed by atoms with Crippen molar-refractivity contribution in [3.8, 4) is 0 Å². The molecule has 0 unspecified atom stereocenters. The molecule has 13 heavy (non-hydrogen) atoms. The third-order valence-corrected chi connectivity index (χ3v) is 3.24. The fourth-order valence-corrected chi connectivity index (χ4v) is 2.83. The predicted octanol–water partition coefficient (Wildman–Crippen LogP) is 2.89. The standard InChI is InChI=1S/C10H17BrO2/c1-2-13-9(12)10(7-8-11)5-3-4-6-10/h2-8H2,1H3. The first-order chi connectivity index (χ1) is 6.25. The van der Waals surface area contributed by atoms with Crippen LogP contribution in [0.25, 0.3) is 0 Å². The SMILES string of the molecule is CCOC(=O)C1(CCBr)CCCC1. The molecule has 3 heteroatoms. The molecule has 0 radical (unpaired) electrons. The van der Waals surface area contributed by atoms with Gasteiger partial charge in [-0.25, -0.2) is 0 Å². The Balaban J connectivity index is 2.60. The van der Waals surface area contributed by atoms with E-state index >= 15 is 0 Å². The molecule has 0 N–H and O–H groups in total. The van der Waals surface area contributed by atoms with E-state index in [9.17, 15) is 4.79 Å². The van der Waals surface area contributed by atoms with E-state index in [-0.39, 0.29) is 11.4 Å². The van der Waals surface area contributed by atoms with Crippen molar-refractivity contribution < 1.29 is 9.53 Å². The topological polar surface area (TPSA) is 26.3 Å². The highest BCUT2D eigenvalue weighted by Gasteiger charge is 2.41. The van der Waals surface area contributed by atoms with E-state index in [1.54, 1.807) is 0 Å². The molecule has 0 aromatic carbocycles. The highest BCUT2D eigenvalue weighted by atomic mass is 79.9. The number of alkyl halides is 1. The quantitative estimate of drug-likeness (QED) is 0.565. The number of carbonyl (C=O) groups is 1. The van der Waals surface area contributed by atoms with Gasteiger partial charge in [0.05, 0.1) is 12.0 Å². The molecule has 2 nitrogen and oxygen atoms in total. The predicted molar refractivity (Wildman–Crippen MR) is 55.9 cm³/mol. The molecular formula is C10H17BrO2. The van der Waals surface area contributed by atoms with Crippen LogP contribution in [0.5, 0.6) is 0 Å². The Morgan fingerprint density at radius 1 is 1.46 bits per heavy atom. The van der Waals surface area contributed by atoms with E-state index in [4.69, 9.17) is 4.74 Å². The smallest absolute Gasteiger partial charge is 0.312 e. The van der Waals surface area contributed by atoms with Crippen LogP contribution in [0.15, 0.2) is 0 Å². The van der Waals surface area contributed by atoms with Crippen molar-refractivity contribution in [2.24, 2.45) is 5.41 Å². The second-order valence-electron chi connectivity index (χ2n) is 3.65. The van der Waals surface area contributed by atoms with Gasteiger partial charge in [-0.15, -0.1) is 0 Å². The summed E-state index contributed by atoms with van der Waals surface area (Å²) < 4.78 is 5.12. The number of esters is 1. The van der Waals surface area contributed by atoms with Gasteiger partial charge in [0.2, 0.25) is 0 Å². The van der Waals surface area contributed by atoms with Crippen LogP contribution in [0.3, 0.4) is 0 Å². The summed E-state index contributed by atoms with van der Waals surface area (Å²) in [7, 11) is 0. The van der Waals surface area contributed by atoms with Gasteiger partial charge in [0.25, 0.3) is 0 Å². The highest BCUT2D eigenvalue weighted by molar-refractivity contribution is 9.09. The Hall–Kier alpha value is -0.0500. The maximum absolute atomic E-state index is 11.7. The van der Waals surface area contributed by atoms with E-state index in [1.807, 2.05) is 6.92 Å². The molecular weight excluding hydrogens is 232 g/mol. The van der Waals surface area contributed by atoms with Gasteiger partial charge in [-0.3, -0.25) is 4.79 Å². The van der Waals surface area contributed by atoms with Gasteiger partial charge >= 0.3 is 5.97 Å². The van der Waals surface area contributed by atoms with Crippen LogP contribution < -0.4 is 0 Å². The van der Waals surface area contributed by atoms with E-state index in [0.717, 1.165) is 24.6 Å². The number of hydrogen-bond acceptors (Lipinski definition) is 2. The van der Waals surface area contributed by atoms with Crippen LogP contribution in [0.4, 0.5) is 0 Å². The van der Waals surface area contributed by atoms with E-state index < -0.39 is 0 Å². The Morgan fingerprint density at radius 3 is 2.54 bits per heavy atom. The molecule has 1 fully saturated rings. The Bertz CT molecular complexity index is 174. The second kappa shape index (κ2) is 4.99. The minimum absolute atomic E-state index is 0.0203. The fourth-order valence-electron chi connectivity index (χ4n) is 2.07. The molecule has 0 saturated heterocycles. The van der Waals surface area contributed by atoms with Gasteiger partial charge in [-0.05, 0) is 26.2 Å². The van der Waals surface area contributed by atoms with Crippen LogP contribution in [0.1, 0.15) is 39.0 Å². The number of hydrogen-bond donors (Lipinski definition) is 0. The number of carbonyl (C=O) groups excluding carboxylic acids is 1. The van der Waals surface area contributed by atoms with Crippen LogP contribution in [-0.4, -0.2) is 17.9 Å². The maximum Gasteiger partial charge on any atom is 0.312 e. The average Bonchev–Trinajstić information content (AvgIpc) is 2.55. The lowest BCUT2D eigenvalue weighted by atomic mass is 9.83. The molecule has 0 aromatic heterocycles. The summed E-state index contributed by atoms with van der Waals surface area (Å²) in [5.74, 6) is 0.0203. The lowest BCUT2D eigenvalue weighted by Gasteiger charge is -2.25. The third-order valence-electron chi connectivity index (χ3n) is 2.84. The van der Waals surface area contributed by atoms with Crippen molar-refractivity contribution in [3.05, 3.63) is 0 Å². The molecule has 1 aliphatic rings. The summed E-state index contributed by atoms with van der Waals surface area (Å²) >= 11 is 3.41. The van der Waals surface area contributed by atoms with Gasteiger partial charge in [0.1, 0.15) is 0 Å². The van der Waals surface area contributed by atoms with Crippen molar-refractivity contribution >= 4 is 21.9 Å². The zero-order chi connectivity index (χ0) is 9.73. The summed E-state index contributed by atoms with van der Waals surface area (Å²) in [6, 6.07) is 0. The van der Waals surface area contributed by atoms with Crippen LogP contribution in [0.2, 0.25) is 0 Å². The number of halogens is 1. The summed E-state index contributed by atoms with van der Waals surface area (Å²) in [5.41, 5.74) is -0.153. The van der Waals surface area contributed by atoms with Gasteiger partial charge in [0, 0.05) is 5.33 Å². The molecule has 0 atom stereocenters. The van der Waals surface area contributed by atoms with Gasteiger partial charge in [0.15, 0.2) is 0 Å². The summed E-state index contributed by atoms with van der Waals surface area (Å²) in [4.78, 5) is 11.7. The molecule has 0 spiro atoms. The Kier molecular flexibility index (Phi) is 4.23. The van der Waals surface area contributed by atoms with Crippen molar-refractivity contribution in [2.75, 3.05) is 11.9 Å². The van der Waals surface area contributed by atoms with Crippen LogP contribution in [0, 0.1) is 5.41 Å². The van der Waals surface area contributed by atoms with Crippen molar-refractivity contribution in [1.82, 2.24) is 0 Å². The number of rotatable bonds is 4. The molecule has 0 bridgehead atoms. The summed E-state index contributed by atoms with van der Waals surface area (Å²) in [6.45, 7) is 2.37. The first-order valence-corrected chi connectivity index (χ1v) is 6.10. The van der Waals surface area contributed by atoms with E-state index in [2.05, 4.69) is 15.9 Å². The number of ether oxygens (including phenoxy) is 1. The highest BCUT2D eigenvalue weighted by Crippen LogP contribution is 2.42. The van der Waals surface area contributed by atoms with Gasteiger partial charge < -0.3 is 4.74 Å². The molecule has 1 rings (SSSR count). The zero-order valence-corrected chi connectivity index (χ0v) is 9.73. The summed E-state index contributed by atoms with van der Waals surface area (Å²) in [5, 5.41) is 0.895. The van der Waals surface area contributed by atoms with Crippen LogP contribution >= 0.6 is 15.9 Å². The first-order valence-electron chi connectivity index (χ1n) is 4.98. The maximum atomic E-state index is 11.7. The van der Waals surface area contributed by atoms with Gasteiger partial charge in [-0.1, -0.05) is 28.8 Å². The van der Waals surface area contributed by atoms with E-state index in [0.29, 0.717) is 6.61 Å². The second-order valence-corrected chi connectivity index (χ2v) is 4.44. The van der Waals surface area contributed by atoms with E-state index in [1.165, 1.54) is 12.8 Å². The minimum Gasteiger partial charge on any atom is -0.466 e. The molecule has 0 aromatic rings. The lowest BCUT2D eigenvalue weighted by molar-refractivity contribution is -0.155. The third kappa shape index (κ3) is 2.46. The lowest BCUT2D eigenvalue weighted by Crippen LogP contribution is -2.30. The molecule has 0 aliphatic heterocycles. The molecule has 76 valence electrons. The van der Waals surface area contributed by atoms with Crippen LogP contribution in [-0.2, 0) is 9.53 Å². The largest absolute Gasteiger partial charge is 0.466 e. The average molecular weight is 249 g/mol. The molecule has 1 aliphatic carbocycles. The van der Waals surface area contributed by atoms with Crippen molar-refractivity contribution in [3.63, 3.8) is 0 Å². The zero-order valence-electron chi connectivity index (χ0n) is 8.14.